The van der Waals surface area contributed by atoms with Gasteiger partial charge in [0.1, 0.15) is 5.82 Å². The first-order valence-corrected chi connectivity index (χ1v) is 14.9. The summed E-state index contributed by atoms with van der Waals surface area (Å²) < 4.78 is 0. The maximum atomic E-state index is 13.7. The van der Waals surface area contributed by atoms with E-state index in [1.807, 2.05) is 36.8 Å². The molecule has 3 aromatic rings. The molecule has 2 heterocycles. The van der Waals surface area contributed by atoms with Crippen molar-refractivity contribution in [1.29, 1.82) is 0 Å². The van der Waals surface area contributed by atoms with Gasteiger partial charge in [0, 0.05) is 31.6 Å². The van der Waals surface area contributed by atoms with Gasteiger partial charge in [-0.15, -0.1) is 0 Å². The molecule has 2 aromatic carbocycles. The highest BCUT2D eigenvalue weighted by Crippen LogP contribution is 2.39. The number of nitrogens with one attached hydrogen (secondary N) is 1. The van der Waals surface area contributed by atoms with Crippen LogP contribution in [0.4, 0.5) is 0 Å². The van der Waals surface area contributed by atoms with Crippen molar-refractivity contribution in [1.82, 2.24) is 15.3 Å². The summed E-state index contributed by atoms with van der Waals surface area (Å²) >= 11 is 0. The third kappa shape index (κ3) is 7.32. The first kappa shape index (κ1) is 27.9. The Morgan fingerprint density at radius 1 is 0.925 bits per heavy atom. The van der Waals surface area contributed by atoms with Crippen LogP contribution in [0.2, 0.25) is 0 Å². The highest BCUT2D eigenvalue weighted by molar-refractivity contribution is 6.11. The largest absolute Gasteiger partial charge is 0.351 e. The number of amides is 1. The lowest BCUT2D eigenvalue weighted by molar-refractivity contribution is -0.124. The Kier molecular flexibility index (Phi) is 9.20. The fraction of sp³-hybridized carbons (Fsp3) is 0.429. The van der Waals surface area contributed by atoms with Crippen LogP contribution in [0.25, 0.3) is 5.57 Å². The third-order valence-corrected chi connectivity index (χ3v) is 8.30. The van der Waals surface area contributed by atoms with Crippen molar-refractivity contribution in [2.45, 2.75) is 77.8 Å². The van der Waals surface area contributed by atoms with E-state index in [2.05, 4.69) is 83.5 Å². The Balaban J connectivity index is 1.26. The molecule has 1 amide bonds. The molecule has 5 nitrogen and oxygen atoms in total. The second-order valence-corrected chi connectivity index (χ2v) is 12.0. The molecule has 0 radical (unpaired) electrons. The van der Waals surface area contributed by atoms with Crippen LogP contribution >= 0.6 is 0 Å². The van der Waals surface area contributed by atoms with Crippen LogP contribution in [0.1, 0.15) is 80.5 Å². The van der Waals surface area contributed by atoms with E-state index in [-0.39, 0.29) is 17.9 Å². The maximum Gasteiger partial charge on any atom is 0.228 e. The van der Waals surface area contributed by atoms with E-state index in [1.54, 1.807) is 0 Å². The molecule has 2 aliphatic rings. The van der Waals surface area contributed by atoms with E-state index in [4.69, 9.17) is 0 Å². The predicted molar refractivity (Wildman–Crippen MR) is 163 cm³/mol. The molecular formula is C35H42N4O. The van der Waals surface area contributed by atoms with Gasteiger partial charge in [0.25, 0.3) is 0 Å². The summed E-state index contributed by atoms with van der Waals surface area (Å²) in [4.78, 5) is 27.5. The molecule has 1 aliphatic heterocycles. The Labute approximate surface area is 239 Å². The number of benzene rings is 2. The fourth-order valence-corrected chi connectivity index (χ4v) is 6.18. The second kappa shape index (κ2) is 13.2. The van der Waals surface area contributed by atoms with Crippen molar-refractivity contribution >= 4 is 17.7 Å². The Morgan fingerprint density at radius 3 is 2.25 bits per heavy atom. The Morgan fingerprint density at radius 2 is 1.62 bits per heavy atom. The minimum atomic E-state index is -0.157. The number of hydrogen-bond donors (Lipinski definition) is 1. The van der Waals surface area contributed by atoms with Crippen LogP contribution in [0.15, 0.2) is 78.1 Å². The van der Waals surface area contributed by atoms with Crippen LogP contribution in [-0.2, 0) is 24.2 Å². The number of aromatic nitrogens is 2. The van der Waals surface area contributed by atoms with Gasteiger partial charge in [0.05, 0.1) is 12.0 Å². The molecule has 1 aromatic heterocycles. The number of aliphatic imine (C=N–C) groups is 1. The summed E-state index contributed by atoms with van der Waals surface area (Å²) in [7, 11) is 0. The SMILES string of the molecule is CC(C)Cc1cnc(CC2CCC(C(C(=O)NCc3ccccc3)c3ccc(C4=CC(C)N=C4)cc3)CC2)nc1. The van der Waals surface area contributed by atoms with E-state index in [0.717, 1.165) is 66.6 Å². The average molecular weight is 535 g/mol. The van der Waals surface area contributed by atoms with Crippen LogP contribution in [0, 0.1) is 17.8 Å². The lowest BCUT2D eigenvalue weighted by atomic mass is 9.72. The highest BCUT2D eigenvalue weighted by Gasteiger charge is 2.33. The smallest absolute Gasteiger partial charge is 0.228 e. The van der Waals surface area contributed by atoms with Gasteiger partial charge >= 0.3 is 0 Å². The molecule has 1 saturated carbocycles. The predicted octanol–water partition coefficient (Wildman–Crippen LogP) is 6.98. The molecule has 5 heteroatoms. The number of rotatable bonds is 10. The topological polar surface area (TPSA) is 67.2 Å². The molecule has 5 rings (SSSR count). The zero-order chi connectivity index (χ0) is 27.9. The van der Waals surface area contributed by atoms with Gasteiger partial charge in [-0.25, -0.2) is 9.97 Å². The van der Waals surface area contributed by atoms with Gasteiger partial charge in [-0.2, -0.15) is 0 Å². The standard InChI is InChI=1S/C35H42N4O/c1-24(2)17-28-21-37-33(38-22-28)19-26-9-11-30(12-10-26)34(35(40)39-20-27-7-5-4-6-8-27)31-15-13-29(14-16-31)32-18-25(3)36-23-32/h4-8,13-16,18,21-26,30,34H,9-12,17,19-20H2,1-3H3,(H,39,40). The van der Waals surface area contributed by atoms with Gasteiger partial charge in [-0.3, -0.25) is 9.79 Å². The summed E-state index contributed by atoms with van der Waals surface area (Å²) in [5.74, 6) is 2.41. The van der Waals surface area contributed by atoms with E-state index < -0.39 is 0 Å². The van der Waals surface area contributed by atoms with E-state index >= 15 is 0 Å². The summed E-state index contributed by atoms with van der Waals surface area (Å²) in [5.41, 5.74) is 5.75. The van der Waals surface area contributed by atoms with Crippen LogP contribution in [0.3, 0.4) is 0 Å². The van der Waals surface area contributed by atoms with Crippen molar-refractivity contribution in [2.75, 3.05) is 0 Å². The Hall–Kier alpha value is -3.60. The molecule has 208 valence electrons. The van der Waals surface area contributed by atoms with Gasteiger partial charge in [0.2, 0.25) is 5.91 Å². The third-order valence-electron chi connectivity index (χ3n) is 8.30. The summed E-state index contributed by atoms with van der Waals surface area (Å²) in [5, 5.41) is 3.25. The normalized spacial score (nSPS) is 21.3. The minimum Gasteiger partial charge on any atom is -0.351 e. The highest BCUT2D eigenvalue weighted by atomic mass is 16.1. The number of carbonyl (C=O) groups is 1. The van der Waals surface area contributed by atoms with E-state index in [9.17, 15) is 4.79 Å². The van der Waals surface area contributed by atoms with Crippen molar-refractivity contribution < 1.29 is 4.79 Å². The summed E-state index contributed by atoms with van der Waals surface area (Å²) in [6, 6.07) is 19.0. The average Bonchev–Trinajstić information content (AvgIpc) is 3.41. The fourth-order valence-electron chi connectivity index (χ4n) is 6.18. The Bertz CT molecular complexity index is 1300. The molecule has 0 bridgehead atoms. The van der Waals surface area contributed by atoms with Gasteiger partial charge in [-0.1, -0.05) is 74.5 Å². The molecular weight excluding hydrogens is 492 g/mol. The quantitative estimate of drug-likeness (QED) is 0.305. The number of allylic oxidation sites excluding steroid dienone is 1. The molecule has 2 atom stereocenters. The molecule has 0 saturated heterocycles. The first-order chi connectivity index (χ1) is 19.4. The maximum absolute atomic E-state index is 13.7. The van der Waals surface area contributed by atoms with Crippen LogP contribution in [0.5, 0.6) is 0 Å². The molecule has 2 unspecified atom stereocenters. The van der Waals surface area contributed by atoms with Crippen molar-refractivity contribution in [2.24, 2.45) is 22.7 Å². The number of carbonyl (C=O) groups excluding carboxylic acids is 1. The zero-order valence-electron chi connectivity index (χ0n) is 24.1. The lowest BCUT2D eigenvalue weighted by Crippen LogP contribution is -2.35. The summed E-state index contributed by atoms with van der Waals surface area (Å²) in [6.07, 6.45) is 14.3. The van der Waals surface area contributed by atoms with Gasteiger partial charge in [0.15, 0.2) is 0 Å². The minimum absolute atomic E-state index is 0.124. The van der Waals surface area contributed by atoms with E-state index in [0.29, 0.717) is 24.3 Å². The summed E-state index contributed by atoms with van der Waals surface area (Å²) in [6.45, 7) is 7.08. The molecule has 1 aliphatic carbocycles. The zero-order valence-corrected chi connectivity index (χ0v) is 24.1. The molecule has 0 spiro atoms. The number of hydrogen-bond acceptors (Lipinski definition) is 4. The molecule has 1 fully saturated rings. The van der Waals surface area contributed by atoms with Crippen molar-refractivity contribution in [3.05, 3.63) is 101 Å². The van der Waals surface area contributed by atoms with Crippen LogP contribution in [-0.4, -0.2) is 28.1 Å². The monoisotopic (exact) mass is 534 g/mol. The lowest BCUT2D eigenvalue weighted by Gasteiger charge is -2.33. The van der Waals surface area contributed by atoms with Gasteiger partial charge in [-0.05, 0) is 84.6 Å². The van der Waals surface area contributed by atoms with Crippen LogP contribution < -0.4 is 5.32 Å². The van der Waals surface area contributed by atoms with E-state index in [1.165, 1.54) is 5.56 Å². The van der Waals surface area contributed by atoms with Crippen molar-refractivity contribution in [3.8, 4) is 0 Å². The molecule has 1 N–H and O–H groups in total. The van der Waals surface area contributed by atoms with Gasteiger partial charge < -0.3 is 5.32 Å². The number of nitrogens with zero attached hydrogens (tertiary/aromatic N) is 3. The molecule has 40 heavy (non-hydrogen) atoms. The first-order valence-electron chi connectivity index (χ1n) is 14.9. The van der Waals surface area contributed by atoms with Crippen molar-refractivity contribution in [3.63, 3.8) is 0 Å². The second-order valence-electron chi connectivity index (χ2n) is 12.0.